The van der Waals surface area contributed by atoms with Gasteiger partial charge in [0.2, 0.25) is 11.8 Å². The van der Waals surface area contributed by atoms with Gasteiger partial charge in [-0.1, -0.05) is 17.7 Å². The van der Waals surface area contributed by atoms with Gasteiger partial charge in [-0.25, -0.2) is 5.01 Å². The van der Waals surface area contributed by atoms with Crippen LogP contribution in [0.15, 0.2) is 23.3 Å². The molecule has 0 unspecified atom stereocenters. The molecule has 1 fully saturated rings. The zero-order chi connectivity index (χ0) is 17.3. The number of carbonyl (C=O) groups excluding carboxylic acids is 3. The molecule has 3 rings (SSSR count). The van der Waals surface area contributed by atoms with Gasteiger partial charge >= 0.3 is 0 Å². The SMILES string of the molecule is Cc1ccc(N2N=C(C(=O)N3CCNC(=O)C3)CCC2=O)cc1Cl. The molecule has 0 atom stereocenters. The Kier molecular flexibility index (Phi) is 4.53. The van der Waals surface area contributed by atoms with Gasteiger partial charge in [0.1, 0.15) is 5.71 Å². The molecule has 24 heavy (non-hydrogen) atoms. The van der Waals surface area contributed by atoms with Crippen LogP contribution in [0, 0.1) is 6.92 Å². The molecule has 1 aromatic carbocycles. The molecule has 0 saturated carbocycles. The number of piperazine rings is 1. The molecule has 1 N–H and O–H groups in total. The van der Waals surface area contributed by atoms with Crippen molar-refractivity contribution in [1.29, 1.82) is 0 Å². The Bertz CT molecular complexity index is 747. The number of hydrogen-bond acceptors (Lipinski definition) is 4. The third-order valence-electron chi connectivity index (χ3n) is 4.01. The predicted octanol–water partition coefficient (Wildman–Crippen LogP) is 1.09. The Hall–Kier alpha value is -2.41. The van der Waals surface area contributed by atoms with Crippen LogP contribution in [0.25, 0.3) is 0 Å². The maximum Gasteiger partial charge on any atom is 0.270 e. The second-order valence-corrected chi connectivity index (χ2v) is 6.17. The van der Waals surface area contributed by atoms with E-state index in [0.717, 1.165) is 5.56 Å². The summed E-state index contributed by atoms with van der Waals surface area (Å²) in [5, 5.41) is 8.64. The summed E-state index contributed by atoms with van der Waals surface area (Å²) in [6.07, 6.45) is 0.460. The van der Waals surface area contributed by atoms with Crippen molar-refractivity contribution < 1.29 is 14.4 Å². The molecule has 7 nitrogen and oxygen atoms in total. The molecule has 0 aliphatic carbocycles. The number of nitrogens with one attached hydrogen (secondary N) is 1. The van der Waals surface area contributed by atoms with Gasteiger partial charge in [-0.15, -0.1) is 0 Å². The second-order valence-electron chi connectivity index (χ2n) is 5.76. The quantitative estimate of drug-likeness (QED) is 0.868. The first-order valence-corrected chi connectivity index (χ1v) is 8.06. The lowest BCUT2D eigenvalue weighted by Crippen LogP contribution is -2.52. The number of benzene rings is 1. The maximum atomic E-state index is 12.6. The highest BCUT2D eigenvalue weighted by Crippen LogP contribution is 2.26. The number of carbonyl (C=O) groups is 3. The average Bonchev–Trinajstić information content (AvgIpc) is 2.57. The van der Waals surface area contributed by atoms with Crippen molar-refractivity contribution in [3.05, 3.63) is 28.8 Å². The van der Waals surface area contributed by atoms with Gasteiger partial charge in [0, 0.05) is 31.0 Å². The maximum absolute atomic E-state index is 12.6. The van der Waals surface area contributed by atoms with Crippen molar-refractivity contribution in [2.75, 3.05) is 24.6 Å². The Balaban J connectivity index is 1.86. The summed E-state index contributed by atoms with van der Waals surface area (Å²) >= 11 is 6.11. The van der Waals surface area contributed by atoms with E-state index >= 15 is 0 Å². The molecule has 2 heterocycles. The Morgan fingerprint density at radius 3 is 2.79 bits per heavy atom. The Morgan fingerprint density at radius 1 is 1.29 bits per heavy atom. The predicted molar refractivity (Wildman–Crippen MR) is 89.9 cm³/mol. The molecule has 0 spiro atoms. The third kappa shape index (κ3) is 3.26. The van der Waals surface area contributed by atoms with Crippen LogP contribution in [-0.2, 0) is 14.4 Å². The van der Waals surface area contributed by atoms with Gasteiger partial charge in [0.05, 0.1) is 12.2 Å². The van der Waals surface area contributed by atoms with Gasteiger partial charge in [-0.05, 0) is 24.6 Å². The summed E-state index contributed by atoms with van der Waals surface area (Å²) in [6.45, 7) is 2.74. The number of hydrogen-bond donors (Lipinski definition) is 1. The molecule has 0 bridgehead atoms. The van der Waals surface area contributed by atoms with Crippen molar-refractivity contribution in [3.8, 4) is 0 Å². The third-order valence-corrected chi connectivity index (χ3v) is 4.41. The van der Waals surface area contributed by atoms with E-state index in [4.69, 9.17) is 11.6 Å². The van der Waals surface area contributed by atoms with Gasteiger partial charge in [-0.3, -0.25) is 14.4 Å². The fourth-order valence-corrected chi connectivity index (χ4v) is 2.79. The molecule has 2 aliphatic heterocycles. The summed E-state index contributed by atoms with van der Waals surface area (Å²) < 4.78 is 0. The standard InChI is InChI=1S/C16H17ClN4O3/c1-10-2-3-11(8-12(10)17)21-15(23)5-4-13(19-21)16(24)20-7-6-18-14(22)9-20/h2-3,8H,4-7,9H2,1H3,(H,18,22). The first kappa shape index (κ1) is 16.4. The normalized spacial score (nSPS) is 18.3. The van der Waals surface area contributed by atoms with E-state index in [1.165, 1.54) is 9.91 Å². The molecule has 126 valence electrons. The van der Waals surface area contributed by atoms with Crippen LogP contribution in [0.1, 0.15) is 18.4 Å². The summed E-state index contributed by atoms with van der Waals surface area (Å²) in [6, 6.07) is 5.19. The van der Waals surface area contributed by atoms with Crippen LogP contribution in [-0.4, -0.2) is 48.0 Å². The molecule has 0 aromatic heterocycles. The average molecular weight is 349 g/mol. The highest BCUT2D eigenvalue weighted by Gasteiger charge is 2.30. The fraction of sp³-hybridized carbons (Fsp3) is 0.375. The van der Waals surface area contributed by atoms with Crippen LogP contribution in [0.5, 0.6) is 0 Å². The monoisotopic (exact) mass is 348 g/mol. The second kappa shape index (κ2) is 6.60. The Labute approximate surface area is 144 Å². The molecule has 1 aromatic rings. The molecular weight excluding hydrogens is 332 g/mol. The van der Waals surface area contributed by atoms with Crippen molar-refractivity contribution in [1.82, 2.24) is 10.2 Å². The largest absolute Gasteiger partial charge is 0.353 e. The first-order chi connectivity index (χ1) is 11.5. The van der Waals surface area contributed by atoms with E-state index < -0.39 is 0 Å². The van der Waals surface area contributed by atoms with Crippen LogP contribution < -0.4 is 10.3 Å². The minimum atomic E-state index is -0.305. The number of rotatable bonds is 2. The minimum absolute atomic E-state index is 0.0160. The smallest absolute Gasteiger partial charge is 0.270 e. The zero-order valence-corrected chi connectivity index (χ0v) is 14.0. The van der Waals surface area contributed by atoms with E-state index in [0.29, 0.717) is 23.8 Å². The minimum Gasteiger partial charge on any atom is -0.353 e. The highest BCUT2D eigenvalue weighted by molar-refractivity contribution is 6.40. The van der Waals surface area contributed by atoms with E-state index in [1.54, 1.807) is 18.2 Å². The van der Waals surface area contributed by atoms with Gasteiger partial charge in [-0.2, -0.15) is 5.10 Å². The fourth-order valence-electron chi connectivity index (χ4n) is 2.62. The lowest BCUT2D eigenvalue weighted by molar-refractivity contribution is -0.133. The molecule has 3 amide bonds. The van der Waals surface area contributed by atoms with Crippen molar-refractivity contribution in [2.45, 2.75) is 19.8 Å². The van der Waals surface area contributed by atoms with Crippen LogP contribution >= 0.6 is 11.6 Å². The van der Waals surface area contributed by atoms with E-state index in [-0.39, 0.29) is 42.8 Å². The van der Waals surface area contributed by atoms with Crippen molar-refractivity contribution in [2.24, 2.45) is 5.10 Å². The highest BCUT2D eigenvalue weighted by atomic mass is 35.5. The van der Waals surface area contributed by atoms with E-state index in [9.17, 15) is 14.4 Å². The van der Waals surface area contributed by atoms with Crippen LogP contribution in [0.2, 0.25) is 5.02 Å². The summed E-state index contributed by atoms with van der Waals surface area (Å²) in [7, 11) is 0. The topological polar surface area (TPSA) is 82.1 Å². The molecular formula is C16H17ClN4O3. The van der Waals surface area contributed by atoms with Crippen LogP contribution in [0.4, 0.5) is 5.69 Å². The number of nitrogens with zero attached hydrogens (tertiary/aromatic N) is 3. The lowest BCUT2D eigenvalue weighted by Gasteiger charge is -2.29. The van der Waals surface area contributed by atoms with Crippen molar-refractivity contribution in [3.63, 3.8) is 0 Å². The summed E-state index contributed by atoms with van der Waals surface area (Å²) in [5.41, 5.74) is 1.70. The Morgan fingerprint density at radius 2 is 2.08 bits per heavy atom. The van der Waals surface area contributed by atoms with Gasteiger partial charge in [0.25, 0.3) is 5.91 Å². The molecule has 0 radical (unpaired) electrons. The number of aryl methyl sites for hydroxylation is 1. The number of hydrazone groups is 1. The lowest BCUT2D eigenvalue weighted by atomic mass is 10.1. The zero-order valence-electron chi connectivity index (χ0n) is 13.2. The number of halogens is 1. The molecule has 1 saturated heterocycles. The van der Waals surface area contributed by atoms with E-state index in [2.05, 4.69) is 10.4 Å². The molecule has 8 heteroatoms. The van der Waals surface area contributed by atoms with Crippen molar-refractivity contribution >= 4 is 40.7 Å². The van der Waals surface area contributed by atoms with Crippen LogP contribution in [0.3, 0.4) is 0 Å². The van der Waals surface area contributed by atoms with Gasteiger partial charge < -0.3 is 10.2 Å². The first-order valence-electron chi connectivity index (χ1n) is 7.68. The molecule has 2 aliphatic rings. The van der Waals surface area contributed by atoms with E-state index in [1.807, 2.05) is 6.92 Å². The van der Waals surface area contributed by atoms with Gasteiger partial charge in [0.15, 0.2) is 0 Å². The number of anilines is 1. The summed E-state index contributed by atoms with van der Waals surface area (Å²) in [5.74, 6) is -0.687. The summed E-state index contributed by atoms with van der Waals surface area (Å²) in [4.78, 5) is 37.6. The number of amides is 3.